The second kappa shape index (κ2) is 17.7. The fourth-order valence-electron chi connectivity index (χ4n) is 4.42. The molecule has 2 aliphatic heterocycles. The minimum absolute atomic E-state index is 0. The van der Waals surface area contributed by atoms with Crippen LogP contribution in [0.5, 0.6) is 0 Å². The Kier molecular flexibility index (Phi) is 15.7. The Bertz CT molecular complexity index is 1310. The van der Waals surface area contributed by atoms with E-state index < -0.39 is 35.1 Å². The number of halogens is 2. The van der Waals surface area contributed by atoms with Crippen molar-refractivity contribution in [1.82, 2.24) is 0 Å². The second-order valence-electron chi connectivity index (χ2n) is 13.8. The molecule has 4 rings (SSSR count). The number of carbonyl (C=O) groups is 4. The summed E-state index contributed by atoms with van der Waals surface area (Å²) in [5.74, 6) is -0.848. The van der Waals surface area contributed by atoms with E-state index in [4.69, 9.17) is 28.4 Å². The molecule has 14 heteroatoms. The molecule has 2 aromatic rings. The van der Waals surface area contributed by atoms with Crippen molar-refractivity contribution in [3.8, 4) is 0 Å². The van der Waals surface area contributed by atoms with Crippen molar-refractivity contribution >= 4 is 24.2 Å². The van der Waals surface area contributed by atoms with Gasteiger partial charge in [-0.05, 0) is 19.4 Å². The van der Waals surface area contributed by atoms with Crippen LogP contribution in [0.3, 0.4) is 0 Å². The van der Waals surface area contributed by atoms with E-state index in [1.54, 1.807) is 13.8 Å². The molecule has 0 aliphatic carbocycles. The number of hydrogen-bond donors (Lipinski definition) is 0. The van der Waals surface area contributed by atoms with Crippen molar-refractivity contribution < 1.29 is 86.0 Å². The van der Waals surface area contributed by atoms with Crippen molar-refractivity contribution in [2.24, 2.45) is 10.8 Å². The van der Waals surface area contributed by atoms with E-state index >= 15 is 0 Å². The first kappa shape index (κ1) is 41.6. The number of nitrogens with zero attached hydrogens (tertiary/aromatic N) is 2. The van der Waals surface area contributed by atoms with Crippen molar-refractivity contribution in [2.75, 3.05) is 68.4 Å². The summed E-state index contributed by atoms with van der Waals surface area (Å²) in [7, 11) is 10.4. The third kappa shape index (κ3) is 13.7. The van der Waals surface area contributed by atoms with Gasteiger partial charge in [0.05, 0.1) is 35.2 Å². The summed E-state index contributed by atoms with van der Waals surface area (Å²) in [6.07, 6.45) is -1.49. The summed E-state index contributed by atoms with van der Waals surface area (Å²) < 4.78 is 31.2. The third-order valence-electron chi connectivity index (χ3n) is 7.07. The van der Waals surface area contributed by atoms with Gasteiger partial charge in [0.15, 0.2) is 0 Å². The molecule has 2 saturated heterocycles. The van der Waals surface area contributed by atoms with Crippen LogP contribution in [0.4, 0.5) is 9.59 Å². The fourth-order valence-corrected chi connectivity index (χ4v) is 4.42. The number of cyclic esters (lactones) is 4. The molecule has 262 valence electrons. The molecular formula is C33H46BrClN2O10. The van der Waals surface area contributed by atoms with Crippen LogP contribution in [0.1, 0.15) is 30.5 Å². The first-order valence-corrected chi connectivity index (χ1v) is 14.7. The molecule has 2 heterocycles. The van der Waals surface area contributed by atoms with Crippen LogP contribution in [-0.4, -0.2) is 102 Å². The molecule has 0 atom stereocenters. The van der Waals surface area contributed by atoms with Crippen LogP contribution < -0.4 is 29.4 Å². The van der Waals surface area contributed by atoms with Gasteiger partial charge in [0, 0.05) is 11.1 Å². The van der Waals surface area contributed by atoms with E-state index in [0.717, 1.165) is 23.1 Å². The summed E-state index contributed by atoms with van der Waals surface area (Å²) >= 11 is 0. The van der Waals surface area contributed by atoms with Gasteiger partial charge < -0.3 is 62.3 Å². The third-order valence-corrected chi connectivity index (χ3v) is 7.07. The molecule has 12 nitrogen and oxygen atoms in total. The zero-order chi connectivity index (χ0) is 33.3. The van der Waals surface area contributed by atoms with Gasteiger partial charge in [-0.25, -0.2) is 9.59 Å². The Morgan fingerprint density at radius 3 is 1.51 bits per heavy atom. The quantitative estimate of drug-likeness (QED) is 0.118. The number of carbonyl (C=O) groups excluding carboxylic acids is 4. The van der Waals surface area contributed by atoms with Crippen molar-refractivity contribution in [1.29, 1.82) is 0 Å². The molecule has 0 spiro atoms. The smallest absolute Gasteiger partial charge is 0.508 e. The monoisotopic (exact) mass is 744 g/mol. The standard InChI is InChI=1S/C17H24NO5.C16H22NO5.BrH.ClH/c1-17(11-22-16(20)23-12-17)15(19)21-10-14-7-5-13(6-8-14)9-18(2,3)4;1-16(10-20-15(19)21-11-16)14(18)22-12-17(2,3)9-13-7-5-4-6-8-13;;/h5-8H,9-12H2,1-4H3;4-8H,9-12H2,1-3H3;2*1H/q2*+1;;/p-2. The lowest BCUT2D eigenvalue weighted by atomic mass is 9.92. The molecule has 2 fully saturated rings. The summed E-state index contributed by atoms with van der Waals surface area (Å²) in [4.78, 5) is 46.2. The predicted molar refractivity (Wildman–Crippen MR) is 162 cm³/mol. The molecule has 0 amide bonds. The summed E-state index contributed by atoms with van der Waals surface area (Å²) in [5, 5.41) is 0. The van der Waals surface area contributed by atoms with Gasteiger partial charge in [0.25, 0.3) is 0 Å². The molecule has 0 bridgehead atoms. The van der Waals surface area contributed by atoms with Gasteiger partial charge in [0.2, 0.25) is 6.73 Å². The van der Waals surface area contributed by atoms with E-state index in [2.05, 4.69) is 21.1 Å². The fraction of sp³-hybridized carbons (Fsp3) is 0.515. The minimum Gasteiger partial charge on any atom is -1.00 e. The highest BCUT2D eigenvalue weighted by Crippen LogP contribution is 2.26. The number of quaternary nitrogens is 2. The van der Waals surface area contributed by atoms with Gasteiger partial charge in [0.1, 0.15) is 57.0 Å². The number of hydrogen-bond acceptors (Lipinski definition) is 10. The minimum atomic E-state index is -0.947. The normalized spacial score (nSPS) is 16.5. The Morgan fingerprint density at radius 1 is 0.660 bits per heavy atom. The van der Waals surface area contributed by atoms with Crippen LogP contribution in [0.2, 0.25) is 0 Å². The van der Waals surface area contributed by atoms with E-state index in [1.807, 2.05) is 68.7 Å². The van der Waals surface area contributed by atoms with Gasteiger partial charge in [-0.1, -0.05) is 54.6 Å². The van der Waals surface area contributed by atoms with Crippen molar-refractivity contribution in [2.45, 2.75) is 33.5 Å². The van der Waals surface area contributed by atoms with Crippen LogP contribution in [0.15, 0.2) is 54.6 Å². The van der Waals surface area contributed by atoms with Gasteiger partial charge in [-0.15, -0.1) is 0 Å². The maximum Gasteiger partial charge on any atom is 0.508 e. The molecule has 0 N–H and O–H groups in total. The average molecular weight is 746 g/mol. The average Bonchev–Trinajstić information content (AvgIpc) is 2.98. The highest BCUT2D eigenvalue weighted by molar-refractivity contribution is 5.79. The van der Waals surface area contributed by atoms with E-state index in [0.29, 0.717) is 4.48 Å². The zero-order valence-corrected chi connectivity index (χ0v) is 30.4. The van der Waals surface area contributed by atoms with E-state index in [9.17, 15) is 19.2 Å². The molecule has 0 unspecified atom stereocenters. The molecule has 0 saturated carbocycles. The molecule has 0 radical (unpaired) electrons. The SMILES string of the molecule is CC1(C(=O)OC[N+](C)(C)Cc2ccccc2)COC(=O)OC1.CC1(C(=O)OCc2ccc(C[N+](C)(C)C)cc2)COC(=O)OC1.[Br-].[Cl-]. The van der Waals surface area contributed by atoms with Crippen LogP contribution >= 0.6 is 0 Å². The summed E-state index contributed by atoms with van der Waals surface area (Å²) in [5.41, 5.74) is 1.43. The summed E-state index contributed by atoms with van der Waals surface area (Å²) in [6, 6.07) is 18.0. The Balaban J connectivity index is 0.000000451. The first-order chi connectivity index (χ1) is 21.0. The largest absolute Gasteiger partial charge is 1.00 e. The van der Waals surface area contributed by atoms with E-state index in [1.165, 1.54) is 11.1 Å². The highest BCUT2D eigenvalue weighted by atomic mass is 79.9. The van der Waals surface area contributed by atoms with Crippen LogP contribution in [-0.2, 0) is 57.7 Å². The number of esters is 2. The maximum absolute atomic E-state index is 12.2. The van der Waals surface area contributed by atoms with Gasteiger partial charge in [-0.3, -0.25) is 14.1 Å². The first-order valence-electron chi connectivity index (χ1n) is 14.7. The zero-order valence-electron chi connectivity index (χ0n) is 28.1. The lowest BCUT2D eigenvalue weighted by Gasteiger charge is -2.33. The van der Waals surface area contributed by atoms with E-state index in [-0.39, 0.29) is 69.2 Å². The predicted octanol–water partition coefficient (Wildman–Crippen LogP) is -1.95. The second-order valence-corrected chi connectivity index (χ2v) is 13.8. The molecule has 2 aliphatic rings. The topological polar surface area (TPSA) is 124 Å². The number of rotatable bonds is 10. The lowest BCUT2D eigenvalue weighted by Crippen LogP contribution is -3.00. The highest BCUT2D eigenvalue weighted by Gasteiger charge is 2.43. The van der Waals surface area contributed by atoms with Crippen LogP contribution in [0, 0.1) is 10.8 Å². The Hall–Kier alpha value is -3.39. The Morgan fingerprint density at radius 2 is 1.06 bits per heavy atom. The van der Waals surface area contributed by atoms with Crippen LogP contribution in [0.25, 0.3) is 0 Å². The Labute approximate surface area is 293 Å². The molecular weight excluding hydrogens is 700 g/mol. The lowest BCUT2D eigenvalue weighted by molar-refractivity contribution is -0.920. The summed E-state index contributed by atoms with van der Waals surface area (Å²) in [6.45, 7) is 5.35. The molecule has 0 aromatic heterocycles. The number of ether oxygens (including phenoxy) is 6. The maximum atomic E-state index is 12.2. The van der Waals surface area contributed by atoms with Gasteiger partial charge in [-0.2, -0.15) is 0 Å². The number of benzene rings is 2. The van der Waals surface area contributed by atoms with Gasteiger partial charge >= 0.3 is 24.2 Å². The molecule has 2 aromatic carbocycles. The van der Waals surface area contributed by atoms with Crippen molar-refractivity contribution in [3.63, 3.8) is 0 Å². The molecule has 47 heavy (non-hydrogen) atoms. The van der Waals surface area contributed by atoms with Crippen molar-refractivity contribution in [3.05, 3.63) is 71.3 Å².